The van der Waals surface area contributed by atoms with Crippen LogP contribution in [0.1, 0.15) is 19.8 Å². The van der Waals surface area contributed by atoms with Crippen molar-refractivity contribution in [2.24, 2.45) is 5.92 Å². The Bertz CT molecular complexity index is 447. The molecule has 2 unspecified atom stereocenters. The van der Waals surface area contributed by atoms with E-state index in [1.807, 2.05) is 6.07 Å². The lowest BCUT2D eigenvalue weighted by Crippen LogP contribution is -2.56. The molecule has 0 aromatic heterocycles. The predicted octanol–water partition coefficient (Wildman–Crippen LogP) is 3.16. The molecule has 1 heterocycles. The Kier molecular flexibility index (Phi) is 3.32. The number of nitrogens with zero attached hydrogens (tertiary/aromatic N) is 1. The van der Waals surface area contributed by atoms with Gasteiger partial charge in [0.2, 0.25) is 0 Å². The van der Waals surface area contributed by atoms with E-state index in [1.165, 1.54) is 12.8 Å². The molecule has 18 heavy (non-hydrogen) atoms. The van der Waals surface area contributed by atoms with E-state index in [4.69, 9.17) is 0 Å². The highest BCUT2D eigenvalue weighted by molar-refractivity contribution is 9.10. The van der Waals surface area contributed by atoms with Crippen LogP contribution in [0.2, 0.25) is 0 Å². The van der Waals surface area contributed by atoms with Crippen LogP contribution in [0.4, 0.5) is 10.1 Å². The zero-order valence-electron chi connectivity index (χ0n) is 10.5. The van der Waals surface area contributed by atoms with Crippen molar-refractivity contribution in [3.8, 4) is 0 Å². The molecule has 0 radical (unpaired) electrons. The number of benzene rings is 1. The van der Waals surface area contributed by atoms with Crippen molar-refractivity contribution < 1.29 is 4.39 Å². The zero-order chi connectivity index (χ0) is 12.7. The molecule has 1 aromatic rings. The summed E-state index contributed by atoms with van der Waals surface area (Å²) in [4.78, 5) is 2.21. The summed E-state index contributed by atoms with van der Waals surface area (Å²) in [7, 11) is 0. The number of piperazine rings is 1. The van der Waals surface area contributed by atoms with Crippen molar-refractivity contribution in [2.75, 3.05) is 18.0 Å². The van der Waals surface area contributed by atoms with Crippen LogP contribution in [0.15, 0.2) is 22.7 Å². The summed E-state index contributed by atoms with van der Waals surface area (Å²) in [6, 6.07) is 6.05. The SMILES string of the molecule is CC1CNC(C2CC2)CN1c1cc(Br)ccc1F. The number of hydrogen-bond donors (Lipinski definition) is 1. The highest BCUT2D eigenvalue weighted by Gasteiger charge is 2.36. The van der Waals surface area contributed by atoms with Gasteiger partial charge in [-0.25, -0.2) is 4.39 Å². The first kappa shape index (κ1) is 12.4. The van der Waals surface area contributed by atoms with Crippen molar-refractivity contribution in [2.45, 2.75) is 31.8 Å². The van der Waals surface area contributed by atoms with Gasteiger partial charge >= 0.3 is 0 Å². The second-order valence-electron chi connectivity index (χ2n) is 5.45. The fourth-order valence-electron chi connectivity index (χ4n) is 2.74. The summed E-state index contributed by atoms with van der Waals surface area (Å²) in [5.41, 5.74) is 0.726. The fourth-order valence-corrected chi connectivity index (χ4v) is 3.09. The quantitative estimate of drug-likeness (QED) is 0.902. The van der Waals surface area contributed by atoms with Gasteiger partial charge in [-0.15, -0.1) is 0 Å². The standard InChI is InChI=1S/C14H18BrFN2/c1-9-7-17-13(10-2-3-10)8-18(9)14-6-11(15)4-5-12(14)16/h4-6,9-10,13,17H,2-3,7-8H2,1H3. The van der Waals surface area contributed by atoms with Gasteiger partial charge < -0.3 is 10.2 Å². The van der Waals surface area contributed by atoms with Gasteiger partial charge in [0.1, 0.15) is 5.82 Å². The van der Waals surface area contributed by atoms with Crippen molar-refractivity contribution in [1.29, 1.82) is 0 Å². The van der Waals surface area contributed by atoms with E-state index in [-0.39, 0.29) is 5.82 Å². The maximum absolute atomic E-state index is 14.0. The van der Waals surface area contributed by atoms with E-state index in [1.54, 1.807) is 12.1 Å². The smallest absolute Gasteiger partial charge is 0.146 e. The van der Waals surface area contributed by atoms with Crippen LogP contribution in [-0.2, 0) is 0 Å². The summed E-state index contributed by atoms with van der Waals surface area (Å²) in [5.74, 6) is 0.678. The van der Waals surface area contributed by atoms with Crippen LogP contribution >= 0.6 is 15.9 Å². The lowest BCUT2D eigenvalue weighted by atomic mass is 10.1. The Morgan fingerprint density at radius 3 is 2.89 bits per heavy atom. The average molecular weight is 313 g/mol. The van der Waals surface area contributed by atoms with Gasteiger partial charge in [0, 0.05) is 29.6 Å². The fraction of sp³-hybridized carbons (Fsp3) is 0.571. The van der Waals surface area contributed by atoms with Gasteiger partial charge in [-0.1, -0.05) is 15.9 Å². The van der Waals surface area contributed by atoms with Crippen LogP contribution in [0, 0.1) is 11.7 Å². The third kappa shape index (κ3) is 2.41. The molecule has 1 aromatic carbocycles. The molecule has 2 atom stereocenters. The number of halogens is 2. The molecule has 3 rings (SSSR count). The van der Waals surface area contributed by atoms with Gasteiger partial charge in [0.15, 0.2) is 0 Å². The summed E-state index contributed by atoms with van der Waals surface area (Å²) in [6.45, 7) is 4.00. The monoisotopic (exact) mass is 312 g/mol. The summed E-state index contributed by atoms with van der Waals surface area (Å²) in [5, 5.41) is 3.59. The first-order valence-electron chi connectivity index (χ1n) is 6.60. The average Bonchev–Trinajstić information content (AvgIpc) is 3.17. The van der Waals surface area contributed by atoms with Crippen LogP contribution in [0.3, 0.4) is 0 Å². The predicted molar refractivity (Wildman–Crippen MR) is 75.4 cm³/mol. The molecule has 2 fully saturated rings. The van der Waals surface area contributed by atoms with E-state index < -0.39 is 0 Å². The molecule has 1 aliphatic heterocycles. The summed E-state index contributed by atoms with van der Waals surface area (Å²) < 4.78 is 14.9. The summed E-state index contributed by atoms with van der Waals surface area (Å²) in [6.07, 6.45) is 2.64. The zero-order valence-corrected chi connectivity index (χ0v) is 12.1. The Hall–Kier alpha value is -0.610. The number of nitrogens with one attached hydrogen (secondary N) is 1. The molecule has 1 N–H and O–H groups in total. The molecular formula is C14H18BrFN2. The molecule has 0 amide bonds. The maximum atomic E-state index is 14.0. The lowest BCUT2D eigenvalue weighted by Gasteiger charge is -2.40. The minimum absolute atomic E-state index is 0.124. The van der Waals surface area contributed by atoms with Gasteiger partial charge in [0.25, 0.3) is 0 Å². The molecule has 1 saturated heterocycles. The topological polar surface area (TPSA) is 15.3 Å². The first-order chi connectivity index (χ1) is 8.65. The summed E-state index contributed by atoms with van der Waals surface area (Å²) >= 11 is 3.43. The Labute approximate surface area is 116 Å². The van der Waals surface area contributed by atoms with Crippen molar-refractivity contribution in [3.05, 3.63) is 28.5 Å². The normalized spacial score (nSPS) is 28.5. The third-order valence-corrected chi connectivity index (χ3v) is 4.50. The second kappa shape index (κ2) is 4.82. The van der Waals surface area contributed by atoms with Crippen LogP contribution in [-0.4, -0.2) is 25.2 Å². The minimum atomic E-state index is -0.124. The molecule has 2 aliphatic rings. The molecule has 2 nitrogen and oxygen atoms in total. The largest absolute Gasteiger partial charge is 0.364 e. The van der Waals surface area contributed by atoms with E-state index in [2.05, 4.69) is 33.1 Å². The van der Waals surface area contributed by atoms with E-state index >= 15 is 0 Å². The second-order valence-corrected chi connectivity index (χ2v) is 6.36. The van der Waals surface area contributed by atoms with Gasteiger partial charge in [-0.2, -0.15) is 0 Å². The number of rotatable bonds is 2. The van der Waals surface area contributed by atoms with Crippen molar-refractivity contribution in [1.82, 2.24) is 5.32 Å². The van der Waals surface area contributed by atoms with Gasteiger partial charge in [-0.05, 0) is 43.9 Å². The van der Waals surface area contributed by atoms with Crippen LogP contribution < -0.4 is 10.2 Å². The van der Waals surface area contributed by atoms with Crippen LogP contribution in [0.5, 0.6) is 0 Å². The lowest BCUT2D eigenvalue weighted by molar-refractivity contribution is 0.373. The Balaban J connectivity index is 1.85. The highest BCUT2D eigenvalue weighted by atomic mass is 79.9. The van der Waals surface area contributed by atoms with Gasteiger partial charge in [-0.3, -0.25) is 0 Å². The Morgan fingerprint density at radius 2 is 2.17 bits per heavy atom. The molecule has 4 heteroatoms. The van der Waals surface area contributed by atoms with Crippen molar-refractivity contribution in [3.63, 3.8) is 0 Å². The van der Waals surface area contributed by atoms with Gasteiger partial charge in [0.05, 0.1) is 5.69 Å². The highest BCUT2D eigenvalue weighted by Crippen LogP contribution is 2.36. The maximum Gasteiger partial charge on any atom is 0.146 e. The molecular weight excluding hydrogens is 295 g/mol. The molecule has 1 saturated carbocycles. The third-order valence-electron chi connectivity index (χ3n) is 4.01. The van der Waals surface area contributed by atoms with Crippen LogP contribution in [0.25, 0.3) is 0 Å². The number of hydrogen-bond acceptors (Lipinski definition) is 2. The van der Waals surface area contributed by atoms with E-state index in [0.29, 0.717) is 12.1 Å². The number of anilines is 1. The first-order valence-corrected chi connectivity index (χ1v) is 7.39. The van der Waals surface area contributed by atoms with E-state index in [0.717, 1.165) is 29.2 Å². The minimum Gasteiger partial charge on any atom is -0.364 e. The Morgan fingerprint density at radius 1 is 1.39 bits per heavy atom. The molecule has 98 valence electrons. The molecule has 0 spiro atoms. The molecule has 0 bridgehead atoms. The molecule has 1 aliphatic carbocycles. The van der Waals surface area contributed by atoms with E-state index in [9.17, 15) is 4.39 Å². The van der Waals surface area contributed by atoms with Crippen molar-refractivity contribution >= 4 is 21.6 Å².